The van der Waals surface area contributed by atoms with E-state index in [0.717, 1.165) is 12.8 Å². The lowest BCUT2D eigenvalue weighted by Gasteiger charge is -2.12. The van der Waals surface area contributed by atoms with Crippen LogP contribution in [-0.4, -0.2) is 16.5 Å². The van der Waals surface area contributed by atoms with Gasteiger partial charge >= 0.3 is 0 Å². The molecule has 0 aromatic rings. The summed E-state index contributed by atoms with van der Waals surface area (Å²) >= 11 is 0. The maximum atomic E-state index is 11.2. The molecule has 0 aliphatic heterocycles. The molecule has 0 saturated heterocycles. The van der Waals surface area contributed by atoms with Gasteiger partial charge in [0.1, 0.15) is 0 Å². The summed E-state index contributed by atoms with van der Waals surface area (Å²) in [6.45, 7) is 4.25. The van der Waals surface area contributed by atoms with Gasteiger partial charge in [0.05, 0.1) is 11.0 Å². The summed E-state index contributed by atoms with van der Waals surface area (Å²) in [5.74, 6) is 0. The molecular formula is C8H19NOS. The third-order valence-corrected chi connectivity index (χ3v) is 3.42. The lowest BCUT2D eigenvalue weighted by molar-refractivity contribution is 0.621. The van der Waals surface area contributed by atoms with Gasteiger partial charge in [-0.1, -0.05) is 26.7 Å². The van der Waals surface area contributed by atoms with E-state index in [2.05, 4.69) is 18.6 Å². The molecule has 0 amide bonds. The number of hydrogen-bond donors (Lipinski definition) is 1. The highest BCUT2D eigenvalue weighted by Gasteiger charge is 2.11. The predicted molar refractivity (Wildman–Crippen MR) is 50.8 cm³/mol. The van der Waals surface area contributed by atoms with Gasteiger partial charge in [-0.05, 0) is 19.9 Å². The zero-order valence-corrected chi connectivity index (χ0v) is 8.54. The minimum atomic E-state index is -0.816. The molecule has 2 atom stereocenters. The van der Waals surface area contributed by atoms with Crippen LogP contribution in [0.4, 0.5) is 0 Å². The first-order chi connectivity index (χ1) is 5.26. The van der Waals surface area contributed by atoms with Crippen molar-refractivity contribution in [1.29, 1.82) is 0 Å². The third-order valence-electron chi connectivity index (χ3n) is 1.84. The van der Waals surface area contributed by atoms with Gasteiger partial charge < -0.3 is 0 Å². The fourth-order valence-corrected chi connectivity index (χ4v) is 2.08. The Labute approximate surface area is 72.4 Å². The molecule has 2 unspecified atom stereocenters. The second kappa shape index (κ2) is 6.80. The van der Waals surface area contributed by atoms with Crippen LogP contribution in [0.3, 0.4) is 0 Å². The lowest BCUT2D eigenvalue weighted by Crippen LogP contribution is -2.24. The van der Waals surface area contributed by atoms with Gasteiger partial charge in [-0.2, -0.15) is 0 Å². The summed E-state index contributed by atoms with van der Waals surface area (Å²) in [4.78, 5) is 0. The third kappa shape index (κ3) is 4.53. The van der Waals surface area contributed by atoms with E-state index >= 15 is 0 Å². The fraction of sp³-hybridized carbons (Fsp3) is 1.00. The Hall–Kier alpha value is 0.110. The monoisotopic (exact) mass is 177 g/mol. The largest absolute Gasteiger partial charge is 0.243 e. The van der Waals surface area contributed by atoms with Crippen LogP contribution in [0.2, 0.25) is 0 Å². The average molecular weight is 177 g/mol. The highest BCUT2D eigenvalue weighted by Crippen LogP contribution is 2.09. The van der Waals surface area contributed by atoms with Crippen molar-refractivity contribution >= 4 is 11.0 Å². The number of hydrogen-bond acceptors (Lipinski definition) is 1. The second-order valence-corrected chi connectivity index (χ2v) is 4.34. The standard InChI is InChI=1S/C8H19NOS/c1-4-6-7-8(5-2)11(10)9-3/h8-9H,4-7H2,1-3H3. The molecule has 0 rings (SSSR count). The Morgan fingerprint density at radius 3 is 2.45 bits per heavy atom. The van der Waals surface area contributed by atoms with Crippen molar-refractivity contribution in [3.63, 3.8) is 0 Å². The molecule has 0 aliphatic carbocycles. The second-order valence-electron chi connectivity index (χ2n) is 2.67. The van der Waals surface area contributed by atoms with E-state index in [1.807, 2.05) is 0 Å². The molecule has 1 N–H and O–H groups in total. The van der Waals surface area contributed by atoms with E-state index in [1.165, 1.54) is 12.8 Å². The minimum absolute atomic E-state index is 0.347. The highest BCUT2D eigenvalue weighted by molar-refractivity contribution is 7.83. The maximum absolute atomic E-state index is 11.2. The molecule has 0 aromatic carbocycles. The van der Waals surface area contributed by atoms with Crippen LogP contribution in [0.15, 0.2) is 0 Å². The van der Waals surface area contributed by atoms with Crippen LogP contribution < -0.4 is 4.72 Å². The van der Waals surface area contributed by atoms with Crippen LogP contribution in [0.1, 0.15) is 39.5 Å². The van der Waals surface area contributed by atoms with E-state index in [0.29, 0.717) is 5.25 Å². The minimum Gasteiger partial charge on any atom is -0.243 e. The van der Waals surface area contributed by atoms with E-state index in [9.17, 15) is 4.21 Å². The van der Waals surface area contributed by atoms with E-state index in [-0.39, 0.29) is 0 Å². The molecule has 0 bridgehead atoms. The lowest BCUT2D eigenvalue weighted by atomic mass is 10.2. The van der Waals surface area contributed by atoms with Gasteiger partial charge in [0.2, 0.25) is 0 Å². The Morgan fingerprint density at radius 1 is 1.45 bits per heavy atom. The quantitative estimate of drug-likeness (QED) is 0.659. The number of unbranched alkanes of at least 4 members (excludes halogenated alkanes) is 1. The van der Waals surface area contributed by atoms with Crippen LogP contribution in [-0.2, 0) is 11.0 Å². The van der Waals surface area contributed by atoms with Gasteiger partial charge in [-0.15, -0.1) is 0 Å². The van der Waals surface area contributed by atoms with Crippen molar-refractivity contribution < 1.29 is 4.21 Å². The first-order valence-electron chi connectivity index (χ1n) is 4.34. The molecule has 68 valence electrons. The van der Waals surface area contributed by atoms with Crippen molar-refractivity contribution in [2.75, 3.05) is 7.05 Å². The predicted octanol–water partition coefficient (Wildman–Crippen LogP) is 1.84. The summed E-state index contributed by atoms with van der Waals surface area (Å²) < 4.78 is 14.0. The summed E-state index contributed by atoms with van der Waals surface area (Å²) in [7, 11) is 0.938. The van der Waals surface area contributed by atoms with Crippen molar-refractivity contribution in [3.8, 4) is 0 Å². The Balaban J connectivity index is 3.65. The zero-order chi connectivity index (χ0) is 8.69. The maximum Gasteiger partial charge on any atom is 0.0944 e. The molecule has 3 heteroatoms. The van der Waals surface area contributed by atoms with Crippen LogP contribution in [0.5, 0.6) is 0 Å². The number of rotatable bonds is 6. The Morgan fingerprint density at radius 2 is 2.09 bits per heavy atom. The van der Waals surface area contributed by atoms with Gasteiger partial charge in [0.15, 0.2) is 0 Å². The van der Waals surface area contributed by atoms with Gasteiger partial charge in [0.25, 0.3) is 0 Å². The molecule has 2 nitrogen and oxygen atoms in total. The molecule has 0 saturated carbocycles. The summed E-state index contributed by atoms with van der Waals surface area (Å²) in [6, 6.07) is 0. The summed E-state index contributed by atoms with van der Waals surface area (Å²) in [5, 5.41) is 0.347. The molecule has 0 aromatic heterocycles. The topological polar surface area (TPSA) is 29.1 Å². The Bertz CT molecular complexity index is 117. The van der Waals surface area contributed by atoms with Crippen molar-refractivity contribution in [1.82, 2.24) is 4.72 Å². The molecule has 0 spiro atoms. The number of nitrogens with one attached hydrogen (secondary N) is 1. The molecule has 11 heavy (non-hydrogen) atoms. The van der Waals surface area contributed by atoms with Crippen LogP contribution >= 0.6 is 0 Å². The Kier molecular flexibility index (Phi) is 6.87. The van der Waals surface area contributed by atoms with Crippen molar-refractivity contribution in [2.24, 2.45) is 0 Å². The summed E-state index contributed by atoms with van der Waals surface area (Å²) in [5.41, 5.74) is 0. The zero-order valence-electron chi connectivity index (χ0n) is 7.72. The first kappa shape index (κ1) is 11.1. The molecule has 0 radical (unpaired) electrons. The van der Waals surface area contributed by atoms with Crippen LogP contribution in [0.25, 0.3) is 0 Å². The van der Waals surface area contributed by atoms with Crippen molar-refractivity contribution in [2.45, 2.75) is 44.8 Å². The van der Waals surface area contributed by atoms with Gasteiger partial charge in [0, 0.05) is 5.25 Å². The van der Waals surface area contributed by atoms with Gasteiger partial charge in [-0.3, -0.25) is 0 Å². The van der Waals surface area contributed by atoms with Gasteiger partial charge in [-0.25, -0.2) is 8.93 Å². The average Bonchev–Trinajstić information content (AvgIpc) is 2.05. The molecule has 0 heterocycles. The van der Waals surface area contributed by atoms with E-state index in [1.54, 1.807) is 7.05 Å². The van der Waals surface area contributed by atoms with E-state index in [4.69, 9.17) is 0 Å². The van der Waals surface area contributed by atoms with Crippen LogP contribution in [0, 0.1) is 0 Å². The smallest absolute Gasteiger partial charge is 0.0944 e. The first-order valence-corrected chi connectivity index (χ1v) is 5.55. The highest BCUT2D eigenvalue weighted by atomic mass is 32.2. The normalized spacial score (nSPS) is 16.3. The molecule has 0 fully saturated rings. The van der Waals surface area contributed by atoms with E-state index < -0.39 is 11.0 Å². The SMILES string of the molecule is CCCCC(CC)S(=O)NC. The molecule has 0 aliphatic rings. The fourth-order valence-electron chi connectivity index (χ4n) is 1.06. The molecular weight excluding hydrogens is 158 g/mol. The van der Waals surface area contributed by atoms with Crippen molar-refractivity contribution in [3.05, 3.63) is 0 Å². The summed E-state index contributed by atoms with van der Waals surface area (Å²) in [6.07, 6.45) is 4.47.